The summed E-state index contributed by atoms with van der Waals surface area (Å²) in [5, 5.41) is 30.4. The van der Waals surface area contributed by atoms with Gasteiger partial charge in [0.1, 0.15) is 30.8 Å². The first kappa shape index (κ1) is 92.4. The first-order chi connectivity index (χ1) is 52.5. The number of aliphatic hydroxyl groups is 1. The summed E-state index contributed by atoms with van der Waals surface area (Å²) >= 11 is 0. The summed E-state index contributed by atoms with van der Waals surface area (Å²) in [5.41, 5.74) is 6.81. The predicted molar refractivity (Wildman–Crippen MR) is 413 cm³/mol. The Labute approximate surface area is 650 Å². The van der Waals surface area contributed by atoms with Gasteiger partial charge in [0.15, 0.2) is 0 Å². The lowest BCUT2D eigenvalue weighted by atomic mass is 9.89. The summed E-state index contributed by atoms with van der Waals surface area (Å²) < 4.78 is 45.5. The number of rotatable bonds is 49. The van der Waals surface area contributed by atoms with Gasteiger partial charge in [-0.15, -0.1) is 11.8 Å². The van der Waals surface area contributed by atoms with Crippen molar-refractivity contribution in [2.45, 2.75) is 207 Å². The fourth-order valence-electron chi connectivity index (χ4n) is 14.3. The van der Waals surface area contributed by atoms with Crippen LogP contribution in [0, 0.1) is 59.2 Å². The Kier molecular flexibility index (Phi) is 40.8. The molecule has 0 radical (unpaired) electrons. The van der Waals surface area contributed by atoms with Gasteiger partial charge in [0.25, 0.3) is 0 Å². The molecule has 2 aliphatic carbocycles. The van der Waals surface area contributed by atoms with Gasteiger partial charge in [-0.3, -0.25) is 38.5 Å². The number of ether oxygens (including phenoxy) is 8. The van der Waals surface area contributed by atoms with Crippen LogP contribution in [0.3, 0.4) is 0 Å². The van der Waals surface area contributed by atoms with Crippen LogP contribution in [0.1, 0.15) is 157 Å². The molecule has 110 heavy (non-hydrogen) atoms. The van der Waals surface area contributed by atoms with Crippen LogP contribution < -0.4 is 43.0 Å². The van der Waals surface area contributed by atoms with Crippen LogP contribution in [-0.4, -0.2) is 241 Å². The summed E-state index contributed by atoms with van der Waals surface area (Å²) in [6.07, 6.45) is 2.39. The summed E-state index contributed by atoms with van der Waals surface area (Å²) in [4.78, 5) is 140. The van der Waals surface area contributed by atoms with Crippen LogP contribution in [0.25, 0.3) is 0 Å². The Hall–Kier alpha value is -8.18. The van der Waals surface area contributed by atoms with Crippen LogP contribution in [-0.2, 0) is 78.1 Å². The number of benzene rings is 2. The second kappa shape index (κ2) is 48.6. The molecule has 14 unspecified atom stereocenters. The van der Waals surface area contributed by atoms with Crippen LogP contribution in [0.5, 0.6) is 0 Å². The molecule has 616 valence electrons. The number of carbonyl (C=O) groups is 10. The fourth-order valence-corrected chi connectivity index (χ4v) is 14.3. The Morgan fingerprint density at radius 3 is 1.83 bits per heavy atom. The third-order valence-corrected chi connectivity index (χ3v) is 20.9. The number of fused-ring (bicyclic) bond motifs is 1. The van der Waals surface area contributed by atoms with E-state index >= 15 is 0 Å². The van der Waals surface area contributed by atoms with E-state index in [2.05, 4.69) is 49.1 Å². The molecule has 10 N–H and O–H groups in total. The molecular weight excluding hydrogens is 1420 g/mol. The molecule has 30 heteroatoms. The Morgan fingerprint density at radius 2 is 1.25 bits per heavy atom. The second-order valence-electron chi connectivity index (χ2n) is 29.9. The van der Waals surface area contributed by atoms with E-state index in [1.54, 1.807) is 109 Å². The van der Waals surface area contributed by atoms with Gasteiger partial charge in [-0.25, -0.2) is 14.4 Å². The molecule has 14 atom stereocenters. The van der Waals surface area contributed by atoms with Crippen LogP contribution in [0.2, 0.25) is 0 Å². The summed E-state index contributed by atoms with van der Waals surface area (Å²) in [6, 6.07) is 8.72. The van der Waals surface area contributed by atoms with Crippen LogP contribution >= 0.6 is 0 Å². The summed E-state index contributed by atoms with van der Waals surface area (Å²) in [7, 11) is 6.09. The van der Waals surface area contributed by atoms with Crippen molar-refractivity contribution in [1.29, 1.82) is 0 Å². The zero-order valence-corrected chi connectivity index (χ0v) is 67.3. The quantitative estimate of drug-likeness (QED) is 0.0262. The highest BCUT2D eigenvalue weighted by Gasteiger charge is 2.50. The topological polar surface area (TPSA) is 385 Å². The lowest BCUT2D eigenvalue weighted by Gasteiger charge is -2.41. The molecular formula is C80H127N11O19. The average molecular weight is 1550 g/mol. The fraction of sp³-hybridized carbons (Fsp3) is 0.700. The highest BCUT2D eigenvalue weighted by molar-refractivity contribution is 5.98. The van der Waals surface area contributed by atoms with Crippen molar-refractivity contribution < 1.29 is 90.9 Å². The molecule has 0 bridgehead atoms. The maximum atomic E-state index is 14.9. The minimum absolute atomic E-state index is 0.0529. The number of nitrogens with one attached hydrogen (secondary N) is 7. The van der Waals surface area contributed by atoms with E-state index in [1.807, 2.05) is 32.0 Å². The molecule has 0 aromatic heterocycles. The minimum Gasteiger partial charge on any atom is -0.449 e. The molecule has 2 aromatic carbocycles. The molecule has 11 amide bonds. The molecule has 2 aromatic rings. The number of carbonyl (C=O) groups excluding carboxylic acids is 10. The molecule has 3 aliphatic rings. The normalized spacial score (nSPS) is 18.9. The number of amides is 11. The molecule has 1 saturated carbocycles. The van der Waals surface area contributed by atoms with Crippen molar-refractivity contribution in [2.75, 3.05) is 113 Å². The standard InChI is InChI=1S/C80H127N11O19/c1-15-53(8)70(64(103-13)47-66(93)91-38-24-30-63(91)72(104-14)54(9)73(95)84-55(10)71(94)57-25-19-18-20-26-57)89(11)77(99)68(51(4)5)88-76(98)69(52(6)7)90(12)80(102)110-48-56-31-33-58(34-32-56)85-74(96)62(29-23-36-82-78(81)100)86-75(97)67(50(2)3)87-65(92)35-39-105-41-43-107-45-46-108-44-42-106-40-37-83-79(101)109-49-61-59-27-21-16-17-22-28-60(59)61/h18-20,25-26,31-34,50-55,59-64,67-72,94H,15,21-24,27-30,35-49H2,1-14H3,(H,83,101)(H,84,95)(H,85,96)(H,86,97)(H,87,92)(H,88,98)(H3,81,82,100). The van der Waals surface area contributed by atoms with E-state index in [9.17, 15) is 53.1 Å². The lowest BCUT2D eigenvalue weighted by molar-refractivity contribution is -0.148. The predicted octanol–water partition coefficient (Wildman–Crippen LogP) is 6.21. The molecule has 2 fully saturated rings. The number of hydrogen-bond acceptors (Lipinski definition) is 19. The number of nitrogens with zero attached hydrogens (tertiary/aromatic N) is 3. The number of likely N-dealkylation sites (tertiary alicyclic amines) is 1. The van der Waals surface area contributed by atoms with Crippen molar-refractivity contribution in [3.05, 3.63) is 65.7 Å². The molecule has 30 nitrogen and oxygen atoms in total. The van der Waals surface area contributed by atoms with E-state index in [1.165, 1.54) is 26.2 Å². The first-order valence-electron chi connectivity index (χ1n) is 39.1. The van der Waals surface area contributed by atoms with Crippen molar-refractivity contribution in [2.24, 2.45) is 53.1 Å². The van der Waals surface area contributed by atoms with Crippen LogP contribution in [0.4, 0.5) is 20.1 Å². The van der Waals surface area contributed by atoms with Gasteiger partial charge in [-0.1, -0.05) is 111 Å². The largest absolute Gasteiger partial charge is 0.449 e. The minimum atomic E-state index is -1.12. The van der Waals surface area contributed by atoms with E-state index in [4.69, 9.17) is 43.6 Å². The Morgan fingerprint density at radius 1 is 0.645 bits per heavy atom. The third-order valence-electron chi connectivity index (χ3n) is 20.9. The molecule has 1 heterocycles. The van der Waals surface area contributed by atoms with Gasteiger partial charge in [0.2, 0.25) is 41.4 Å². The van der Waals surface area contributed by atoms with Crippen molar-refractivity contribution in [3.8, 4) is 11.8 Å². The highest BCUT2D eigenvalue weighted by Crippen LogP contribution is 2.52. The number of primary amides is 1. The number of alkyl carbamates (subject to hydrolysis) is 1. The number of likely N-dealkylation sites (N-methyl/N-ethyl adjacent to an activating group) is 2. The van der Waals surface area contributed by atoms with Crippen LogP contribution in [0.15, 0.2) is 54.6 Å². The van der Waals surface area contributed by atoms with Gasteiger partial charge in [-0.2, -0.15) is 0 Å². The van der Waals surface area contributed by atoms with Gasteiger partial charge >= 0.3 is 18.2 Å². The number of hydrogen-bond donors (Lipinski definition) is 9. The van der Waals surface area contributed by atoms with E-state index in [0.717, 1.165) is 25.7 Å². The maximum Gasteiger partial charge on any atom is 0.410 e. The number of anilines is 1. The molecule has 1 saturated heterocycles. The SMILES string of the molecule is CCC(C)C(C(CC(=O)N1CCCC1C(OC)C(C)C(=O)NC(C)C(O)c1ccccc1)OC)N(C)C(=O)C(NC(=O)C(C(C)C)N(C)C(=O)OCc1ccc(NC(=O)C(CCCNC(N)=O)NC(=O)C(NC(=O)CCOCCOCCOCCOCCNC(=O)OCC2C3CCC#CCCC32)C(C)C)cc1)C(C)C. The average Bonchev–Trinajstić information content (AvgIpc) is 1.62. The lowest BCUT2D eigenvalue weighted by Crippen LogP contribution is -2.60. The molecule has 5 rings (SSSR count). The van der Waals surface area contributed by atoms with E-state index in [0.29, 0.717) is 107 Å². The number of aliphatic hydroxyl groups excluding tert-OH is 1. The van der Waals surface area contributed by atoms with Crippen molar-refractivity contribution >= 4 is 65.3 Å². The zero-order valence-electron chi connectivity index (χ0n) is 67.3. The smallest absolute Gasteiger partial charge is 0.410 e. The molecule has 0 spiro atoms. The van der Waals surface area contributed by atoms with Gasteiger partial charge in [-0.05, 0) is 110 Å². The monoisotopic (exact) mass is 1550 g/mol. The third kappa shape index (κ3) is 30.1. The number of urea groups is 1. The number of methoxy groups -OCH3 is 2. The van der Waals surface area contributed by atoms with E-state index < -0.39 is 126 Å². The maximum absolute atomic E-state index is 14.9. The van der Waals surface area contributed by atoms with Crippen molar-refractivity contribution in [3.63, 3.8) is 0 Å². The summed E-state index contributed by atoms with van der Waals surface area (Å²) in [5.74, 6) is 2.67. The summed E-state index contributed by atoms with van der Waals surface area (Å²) in [6.45, 7) is 21.3. The van der Waals surface area contributed by atoms with Gasteiger partial charge < -0.3 is 95.8 Å². The van der Waals surface area contributed by atoms with Gasteiger partial charge in [0.05, 0.1) is 108 Å². The van der Waals surface area contributed by atoms with Crippen molar-refractivity contribution in [1.82, 2.24) is 46.6 Å². The van der Waals surface area contributed by atoms with Gasteiger partial charge in [0, 0.05) is 72.9 Å². The Bertz CT molecular complexity index is 3250. The van der Waals surface area contributed by atoms with E-state index in [-0.39, 0.29) is 82.3 Å². The molecule has 1 aliphatic heterocycles. The first-order valence-corrected chi connectivity index (χ1v) is 39.1. The highest BCUT2D eigenvalue weighted by atomic mass is 16.6. The Balaban J connectivity index is 1.05. The second-order valence-corrected chi connectivity index (χ2v) is 29.9. The number of nitrogens with two attached hydrogens (primary N) is 1. The zero-order chi connectivity index (χ0) is 81.0.